The van der Waals surface area contributed by atoms with Crippen LogP contribution in [0.2, 0.25) is 0 Å². The number of para-hydroxylation sites is 1. The molecule has 7 heteroatoms. The van der Waals surface area contributed by atoms with Gasteiger partial charge in [-0.2, -0.15) is 0 Å². The van der Waals surface area contributed by atoms with Crippen molar-refractivity contribution in [3.05, 3.63) is 48.1 Å². The van der Waals surface area contributed by atoms with Gasteiger partial charge in [-0.15, -0.1) is 11.3 Å². The number of thiazole rings is 1. The number of nitrogens with one attached hydrogen (secondary N) is 1. The lowest BCUT2D eigenvalue weighted by Crippen LogP contribution is -2.39. The molecule has 3 heterocycles. The van der Waals surface area contributed by atoms with Crippen LogP contribution in [0, 0.1) is 0 Å². The van der Waals surface area contributed by atoms with Gasteiger partial charge in [-0.25, -0.2) is 4.98 Å². The van der Waals surface area contributed by atoms with Crippen molar-refractivity contribution in [3.63, 3.8) is 0 Å². The maximum Gasteiger partial charge on any atom is 0.222 e. The summed E-state index contributed by atoms with van der Waals surface area (Å²) in [6, 6.07) is 10.4. The Morgan fingerprint density at radius 1 is 1.23 bits per heavy atom. The summed E-state index contributed by atoms with van der Waals surface area (Å²) in [7, 11) is 0. The molecule has 0 bridgehead atoms. The third-order valence-electron chi connectivity index (χ3n) is 4.58. The number of thioether (sulfide) groups is 1. The van der Waals surface area contributed by atoms with Crippen LogP contribution in [-0.2, 0) is 4.79 Å². The fourth-order valence-corrected chi connectivity index (χ4v) is 4.95. The average Bonchev–Trinajstić information content (AvgIpc) is 3.31. The lowest BCUT2D eigenvalue weighted by atomic mass is 10.1. The van der Waals surface area contributed by atoms with Gasteiger partial charge in [0.2, 0.25) is 5.91 Å². The van der Waals surface area contributed by atoms with Crippen LogP contribution in [-0.4, -0.2) is 45.7 Å². The van der Waals surface area contributed by atoms with Crippen LogP contribution < -0.4 is 5.32 Å². The number of amides is 1. The Kier molecular flexibility index (Phi) is 5.36. The Labute approximate surface area is 160 Å². The molecule has 1 amide bonds. The first-order chi connectivity index (χ1) is 12.8. The predicted octanol–water partition coefficient (Wildman–Crippen LogP) is 3.89. The maximum atomic E-state index is 12.3. The van der Waals surface area contributed by atoms with Crippen molar-refractivity contribution < 1.29 is 4.79 Å². The zero-order chi connectivity index (χ0) is 17.8. The fourth-order valence-electron chi connectivity index (χ4n) is 3.30. The number of hydrogen-bond acceptors (Lipinski definition) is 6. The number of hydrogen-bond donors (Lipinski definition) is 1. The molecule has 1 N–H and O–H groups in total. The highest BCUT2D eigenvalue weighted by atomic mass is 32.2. The van der Waals surface area contributed by atoms with Crippen molar-refractivity contribution in [2.75, 3.05) is 24.2 Å². The number of likely N-dealkylation sites (tertiary alicyclic amines) is 1. The SMILES string of the molecule is O=C1CC[C@H](CNc2cccc3cccnc23)N1CCSc1nccs1. The van der Waals surface area contributed by atoms with Crippen LogP contribution in [0.1, 0.15) is 12.8 Å². The molecule has 0 radical (unpaired) electrons. The van der Waals surface area contributed by atoms with Crippen LogP contribution in [0.4, 0.5) is 5.69 Å². The van der Waals surface area contributed by atoms with Gasteiger partial charge in [0.25, 0.3) is 0 Å². The van der Waals surface area contributed by atoms with Crippen molar-refractivity contribution >= 4 is 45.6 Å². The summed E-state index contributed by atoms with van der Waals surface area (Å²) in [4.78, 5) is 23.1. The molecule has 0 saturated carbocycles. The van der Waals surface area contributed by atoms with E-state index in [1.165, 1.54) is 0 Å². The molecule has 4 rings (SSSR count). The second kappa shape index (κ2) is 8.05. The summed E-state index contributed by atoms with van der Waals surface area (Å²) >= 11 is 3.36. The molecule has 2 aromatic heterocycles. The Morgan fingerprint density at radius 3 is 3.04 bits per heavy atom. The minimum Gasteiger partial charge on any atom is -0.381 e. The first-order valence-corrected chi connectivity index (χ1v) is 10.6. The number of anilines is 1. The normalized spacial score (nSPS) is 17.2. The molecule has 1 aliphatic heterocycles. The van der Waals surface area contributed by atoms with Gasteiger partial charge in [-0.3, -0.25) is 9.78 Å². The molecular weight excluding hydrogens is 364 g/mol. The van der Waals surface area contributed by atoms with Crippen molar-refractivity contribution in [2.24, 2.45) is 0 Å². The standard InChI is InChI=1S/C19H20N4OS2/c24-17-7-6-15(23(17)10-12-26-19-21-9-11-25-19)13-22-16-5-1-3-14-4-2-8-20-18(14)16/h1-5,8-9,11,15,22H,6-7,10,12-13H2/t15-/m1/s1. The van der Waals surface area contributed by atoms with Crippen LogP contribution in [0.3, 0.4) is 0 Å². The van der Waals surface area contributed by atoms with E-state index in [-0.39, 0.29) is 11.9 Å². The number of nitrogens with zero attached hydrogens (tertiary/aromatic N) is 3. The molecule has 134 valence electrons. The molecule has 1 aliphatic rings. The van der Waals surface area contributed by atoms with E-state index in [1.54, 1.807) is 23.1 Å². The quantitative estimate of drug-likeness (QED) is 0.627. The topological polar surface area (TPSA) is 58.1 Å². The summed E-state index contributed by atoms with van der Waals surface area (Å²) in [6.45, 7) is 1.52. The molecule has 1 atom stereocenters. The van der Waals surface area contributed by atoms with Crippen LogP contribution in [0.15, 0.2) is 52.4 Å². The van der Waals surface area contributed by atoms with Gasteiger partial charge in [-0.05, 0) is 18.6 Å². The van der Waals surface area contributed by atoms with E-state index in [2.05, 4.69) is 33.5 Å². The fraction of sp³-hybridized carbons (Fsp3) is 0.316. The minimum atomic E-state index is 0.235. The Hall–Kier alpha value is -2.12. The lowest BCUT2D eigenvalue weighted by Gasteiger charge is -2.25. The molecule has 0 aliphatic carbocycles. The summed E-state index contributed by atoms with van der Waals surface area (Å²) in [5.74, 6) is 1.14. The molecular formula is C19H20N4OS2. The molecule has 1 saturated heterocycles. The number of benzene rings is 1. The van der Waals surface area contributed by atoms with Gasteiger partial charge in [0.1, 0.15) is 4.34 Å². The summed E-state index contributed by atoms with van der Waals surface area (Å²) in [6.07, 6.45) is 5.18. The number of pyridine rings is 1. The zero-order valence-corrected chi connectivity index (χ0v) is 15.9. The molecule has 0 spiro atoms. The van der Waals surface area contributed by atoms with E-state index in [0.717, 1.165) is 46.2 Å². The summed E-state index contributed by atoms with van der Waals surface area (Å²) in [5.41, 5.74) is 2.00. The van der Waals surface area contributed by atoms with Gasteiger partial charge in [-0.1, -0.05) is 30.0 Å². The number of fused-ring (bicyclic) bond motifs is 1. The van der Waals surface area contributed by atoms with Gasteiger partial charge in [0.15, 0.2) is 0 Å². The highest BCUT2D eigenvalue weighted by molar-refractivity contribution is 8.01. The Morgan fingerprint density at radius 2 is 2.15 bits per heavy atom. The van der Waals surface area contributed by atoms with E-state index >= 15 is 0 Å². The number of aromatic nitrogens is 2. The van der Waals surface area contributed by atoms with Gasteiger partial charge in [0, 0.05) is 54.5 Å². The second-order valence-electron chi connectivity index (χ2n) is 6.19. The monoisotopic (exact) mass is 384 g/mol. The highest BCUT2D eigenvalue weighted by Crippen LogP contribution is 2.25. The zero-order valence-electron chi connectivity index (χ0n) is 14.3. The molecule has 1 aromatic carbocycles. The first-order valence-electron chi connectivity index (χ1n) is 8.70. The largest absolute Gasteiger partial charge is 0.381 e. The summed E-state index contributed by atoms with van der Waals surface area (Å²) in [5, 5.41) is 6.61. The molecule has 1 fully saturated rings. The van der Waals surface area contributed by atoms with Crippen LogP contribution in [0.25, 0.3) is 10.9 Å². The Balaban J connectivity index is 1.37. The van der Waals surface area contributed by atoms with E-state index in [1.807, 2.05) is 34.8 Å². The minimum absolute atomic E-state index is 0.235. The van der Waals surface area contributed by atoms with Crippen molar-refractivity contribution in [3.8, 4) is 0 Å². The Bertz CT molecular complexity index is 879. The third kappa shape index (κ3) is 3.83. The first kappa shape index (κ1) is 17.3. The molecule has 5 nitrogen and oxygen atoms in total. The third-order valence-corrected chi connectivity index (χ3v) is 6.53. The van der Waals surface area contributed by atoms with Gasteiger partial charge < -0.3 is 10.2 Å². The smallest absolute Gasteiger partial charge is 0.222 e. The number of carbonyl (C=O) groups is 1. The van der Waals surface area contributed by atoms with Crippen LogP contribution in [0.5, 0.6) is 0 Å². The second-order valence-corrected chi connectivity index (χ2v) is 8.42. The van der Waals surface area contributed by atoms with Crippen molar-refractivity contribution in [1.82, 2.24) is 14.9 Å². The van der Waals surface area contributed by atoms with Crippen molar-refractivity contribution in [2.45, 2.75) is 23.2 Å². The van der Waals surface area contributed by atoms with E-state index in [0.29, 0.717) is 6.42 Å². The average molecular weight is 385 g/mol. The van der Waals surface area contributed by atoms with Gasteiger partial charge >= 0.3 is 0 Å². The predicted molar refractivity (Wildman–Crippen MR) is 108 cm³/mol. The van der Waals surface area contributed by atoms with E-state index in [9.17, 15) is 4.79 Å². The molecule has 0 unspecified atom stereocenters. The van der Waals surface area contributed by atoms with Crippen LogP contribution >= 0.6 is 23.1 Å². The number of carbonyl (C=O) groups excluding carboxylic acids is 1. The van der Waals surface area contributed by atoms with Crippen molar-refractivity contribution in [1.29, 1.82) is 0 Å². The van der Waals surface area contributed by atoms with E-state index < -0.39 is 0 Å². The maximum absolute atomic E-state index is 12.3. The summed E-state index contributed by atoms with van der Waals surface area (Å²) < 4.78 is 1.06. The van der Waals surface area contributed by atoms with Gasteiger partial charge in [0.05, 0.1) is 11.2 Å². The van der Waals surface area contributed by atoms with E-state index in [4.69, 9.17) is 0 Å². The molecule has 3 aromatic rings. The molecule has 26 heavy (non-hydrogen) atoms. The number of rotatable bonds is 7. The highest BCUT2D eigenvalue weighted by Gasteiger charge is 2.30. The lowest BCUT2D eigenvalue weighted by molar-refractivity contribution is -0.128.